The van der Waals surface area contributed by atoms with Crippen LogP contribution in [0.2, 0.25) is 0 Å². The van der Waals surface area contributed by atoms with Crippen LogP contribution in [0.5, 0.6) is 0 Å². The lowest BCUT2D eigenvalue weighted by atomic mass is 10.1. The number of carboxylic acid groups (broad SMARTS) is 1. The highest BCUT2D eigenvalue weighted by atomic mass is 32.1. The number of carbonyl (C=O) groups is 1. The summed E-state index contributed by atoms with van der Waals surface area (Å²) in [7, 11) is 1.64. The first-order valence-electron chi connectivity index (χ1n) is 5.53. The van der Waals surface area contributed by atoms with Crippen LogP contribution in [-0.4, -0.2) is 41.0 Å². The van der Waals surface area contributed by atoms with Gasteiger partial charge in [0.2, 0.25) is 0 Å². The van der Waals surface area contributed by atoms with Crippen LogP contribution in [0.3, 0.4) is 0 Å². The third-order valence-electron chi connectivity index (χ3n) is 2.27. The fraction of sp³-hybridized carbons (Fsp3) is 0.154. The van der Waals surface area contributed by atoms with Gasteiger partial charge in [0.25, 0.3) is 0 Å². The predicted molar refractivity (Wildman–Crippen MR) is 80.1 cm³/mol. The van der Waals surface area contributed by atoms with E-state index < -0.39 is 5.97 Å². The van der Waals surface area contributed by atoms with E-state index in [2.05, 4.69) is 17.0 Å². The van der Waals surface area contributed by atoms with Gasteiger partial charge in [-0.15, -0.1) is 0 Å². The lowest BCUT2D eigenvalue weighted by Gasteiger charge is -2.14. The third-order valence-corrected chi connectivity index (χ3v) is 2.68. The molecule has 0 fully saturated rings. The molecule has 0 spiro atoms. The topological polar surface area (TPSA) is 64.9 Å². The minimum Gasteiger partial charge on any atom is -0.480 e. The number of carboxylic acids is 1. The van der Waals surface area contributed by atoms with Crippen molar-refractivity contribution in [1.29, 1.82) is 0 Å². The van der Waals surface area contributed by atoms with Crippen LogP contribution in [0, 0.1) is 0 Å². The summed E-state index contributed by atoms with van der Waals surface area (Å²) in [6, 6.07) is 7.64. The summed E-state index contributed by atoms with van der Waals surface area (Å²) in [5.74, 6) is -0.975. The average molecular weight is 277 g/mol. The molecule has 0 saturated carbocycles. The van der Waals surface area contributed by atoms with E-state index in [4.69, 9.17) is 17.3 Å². The van der Waals surface area contributed by atoms with Gasteiger partial charge in [-0.2, -0.15) is 5.10 Å². The van der Waals surface area contributed by atoms with Crippen molar-refractivity contribution in [2.24, 2.45) is 5.10 Å². The number of hydrogen-bond donors (Lipinski definition) is 2. The molecule has 0 aliphatic heterocycles. The molecule has 0 amide bonds. The van der Waals surface area contributed by atoms with Crippen LogP contribution in [-0.2, 0) is 4.79 Å². The Hall–Kier alpha value is -2.21. The molecule has 2 N–H and O–H groups in total. The SMILES string of the molecule is C=Cc1ccccc1C=NN(C)C(=S)NCC(=O)O. The second kappa shape index (κ2) is 7.27. The quantitative estimate of drug-likeness (QED) is 0.486. The number of thiocarbonyl (C=S) groups is 1. The highest BCUT2D eigenvalue weighted by Crippen LogP contribution is 2.07. The van der Waals surface area contributed by atoms with Crippen LogP contribution in [0.1, 0.15) is 11.1 Å². The third kappa shape index (κ3) is 4.89. The summed E-state index contributed by atoms with van der Waals surface area (Å²) >= 11 is 4.99. The standard InChI is InChI=1S/C13H15N3O2S/c1-3-10-6-4-5-7-11(10)8-15-16(2)13(19)14-9-12(17)18/h3-8H,1,9H2,2H3,(H,14,19)(H,17,18). The van der Waals surface area contributed by atoms with Crippen LogP contribution < -0.4 is 5.32 Å². The second-order valence-electron chi connectivity index (χ2n) is 3.65. The highest BCUT2D eigenvalue weighted by Gasteiger charge is 2.03. The molecular formula is C13H15N3O2S. The number of benzene rings is 1. The molecule has 0 saturated heterocycles. The van der Waals surface area contributed by atoms with Gasteiger partial charge in [0.05, 0.1) is 6.21 Å². The molecule has 5 nitrogen and oxygen atoms in total. The van der Waals surface area contributed by atoms with Gasteiger partial charge >= 0.3 is 5.97 Å². The number of hydrazone groups is 1. The molecule has 1 aromatic rings. The monoisotopic (exact) mass is 277 g/mol. The molecular weight excluding hydrogens is 262 g/mol. The summed E-state index contributed by atoms with van der Waals surface area (Å²) < 4.78 is 0. The fourth-order valence-electron chi connectivity index (χ4n) is 1.28. The van der Waals surface area contributed by atoms with Crippen molar-refractivity contribution >= 4 is 35.6 Å². The van der Waals surface area contributed by atoms with E-state index in [9.17, 15) is 4.79 Å². The summed E-state index contributed by atoms with van der Waals surface area (Å²) in [6.07, 6.45) is 3.38. The highest BCUT2D eigenvalue weighted by molar-refractivity contribution is 7.80. The Labute approximate surface area is 117 Å². The van der Waals surface area contributed by atoms with Crippen LogP contribution in [0.15, 0.2) is 35.9 Å². The van der Waals surface area contributed by atoms with Gasteiger partial charge in [0.1, 0.15) is 6.54 Å². The molecule has 1 aromatic carbocycles. The normalized spacial score (nSPS) is 10.2. The van der Waals surface area contributed by atoms with Gasteiger partial charge in [-0.05, 0) is 17.8 Å². The maximum Gasteiger partial charge on any atom is 0.322 e. The molecule has 0 heterocycles. The van der Waals surface area contributed by atoms with Gasteiger partial charge in [-0.1, -0.05) is 36.9 Å². The molecule has 0 aliphatic carbocycles. The molecule has 0 aliphatic rings. The minimum atomic E-state index is -0.975. The van der Waals surface area contributed by atoms with E-state index in [1.165, 1.54) is 5.01 Å². The summed E-state index contributed by atoms with van der Waals surface area (Å²) in [4.78, 5) is 10.4. The first kappa shape index (κ1) is 14.8. The Bertz CT molecular complexity index is 514. The van der Waals surface area contributed by atoms with Crippen molar-refractivity contribution in [3.8, 4) is 0 Å². The fourth-order valence-corrected chi connectivity index (χ4v) is 1.40. The number of aliphatic carboxylic acids is 1. The van der Waals surface area contributed by atoms with Crippen molar-refractivity contribution in [2.75, 3.05) is 13.6 Å². The Balaban J connectivity index is 2.67. The number of hydrogen-bond acceptors (Lipinski definition) is 3. The Morgan fingerprint density at radius 1 is 1.53 bits per heavy atom. The smallest absolute Gasteiger partial charge is 0.322 e. The van der Waals surface area contributed by atoms with Crippen molar-refractivity contribution in [1.82, 2.24) is 10.3 Å². The zero-order valence-electron chi connectivity index (χ0n) is 10.5. The molecule has 1 rings (SSSR count). The summed E-state index contributed by atoms with van der Waals surface area (Å²) in [6.45, 7) is 3.49. The van der Waals surface area contributed by atoms with Gasteiger partial charge < -0.3 is 10.4 Å². The number of nitrogens with one attached hydrogen (secondary N) is 1. The van der Waals surface area contributed by atoms with Crippen LogP contribution in [0.4, 0.5) is 0 Å². The minimum absolute atomic E-state index is 0.234. The van der Waals surface area contributed by atoms with Crippen LogP contribution >= 0.6 is 12.2 Å². The lowest BCUT2D eigenvalue weighted by Crippen LogP contribution is -2.36. The lowest BCUT2D eigenvalue weighted by molar-refractivity contribution is -0.135. The first-order valence-corrected chi connectivity index (χ1v) is 5.94. The molecule has 0 bridgehead atoms. The van der Waals surface area contributed by atoms with E-state index in [1.807, 2.05) is 24.3 Å². The molecule has 0 aromatic heterocycles. The van der Waals surface area contributed by atoms with Crippen molar-refractivity contribution < 1.29 is 9.90 Å². The summed E-state index contributed by atoms with van der Waals surface area (Å²) in [5.41, 5.74) is 1.87. The van der Waals surface area contributed by atoms with Crippen molar-refractivity contribution in [2.45, 2.75) is 0 Å². The largest absolute Gasteiger partial charge is 0.480 e. The van der Waals surface area contributed by atoms with Gasteiger partial charge in [-0.3, -0.25) is 4.79 Å². The maximum absolute atomic E-state index is 10.4. The van der Waals surface area contributed by atoms with E-state index in [1.54, 1.807) is 19.3 Å². The Morgan fingerprint density at radius 2 is 2.16 bits per heavy atom. The molecule has 0 radical (unpaired) electrons. The van der Waals surface area contributed by atoms with Crippen molar-refractivity contribution in [3.05, 3.63) is 42.0 Å². The van der Waals surface area contributed by atoms with Gasteiger partial charge in [0.15, 0.2) is 5.11 Å². The number of rotatable bonds is 5. The van der Waals surface area contributed by atoms with Gasteiger partial charge in [-0.25, -0.2) is 5.01 Å². The zero-order chi connectivity index (χ0) is 14.3. The van der Waals surface area contributed by atoms with E-state index >= 15 is 0 Å². The average Bonchev–Trinajstić information content (AvgIpc) is 2.42. The first-order chi connectivity index (χ1) is 9.04. The van der Waals surface area contributed by atoms with Crippen LogP contribution in [0.25, 0.3) is 6.08 Å². The second-order valence-corrected chi connectivity index (χ2v) is 4.04. The molecule has 0 unspecified atom stereocenters. The zero-order valence-corrected chi connectivity index (χ0v) is 11.4. The van der Waals surface area contributed by atoms with Crippen molar-refractivity contribution in [3.63, 3.8) is 0 Å². The Kier molecular flexibility index (Phi) is 5.69. The Morgan fingerprint density at radius 3 is 2.74 bits per heavy atom. The predicted octanol–water partition coefficient (Wildman–Crippen LogP) is 1.55. The molecule has 0 atom stereocenters. The molecule has 6 heteroatoms. The molecule has 100 valence electrons. The summed E-state index contributed by atoms with van der Waals surface area (Å²) in [5, 5.41) is 16.9. The molecule has 19 heavy (non-hydrogen) atoms. The number of nitrogens with zero attached hydrogens (tertiary/aromatic N) is 2. The van der Waals surface area contributed by atoms with E-state index in [0.717, 1.165) is 11.1 Å². The van der Waals surface area contributed by atoms with E-state index in [-0.39, 0.29) is 11.7 Å². The maximum atomic E-state index is 10.4. The van der Waals surface area contributed by atoms with Gasteiger partial charge in [0, 0.05) is 12.6 Å². The van der Waals surface area contributed by atoms with E-state index in [0.29, 0.717) is 0 Å².